The van der Waals surface area contributed by atoms with Crippen LogP contribution in [-0.2, 0) is 19.4 Å². The second-order valence-electron chi connectivity index (χ2n) is 5.26. The number of aromatic nitrogens is 2. The molecule has 0 saturated carbocycles. The highest BCUT2D eigenvalue weighted by atomic mass is 16.5. The number of nitrogens with zero attached hydrogens (tertiary/aromatic N) is 2. The summed E-state index contributed by atoms with van der Waals surface area (Å²) in [5.41, 5.74) is 2.77. The van der Waals surface area contributed by atoms with Crippen LogP contribution in [0.15, 0.2) is 22.7 Å². The van der Waals surface area contributed by atoms with Gasteiger partial charge in [0.05, 0.1) is 0 Å². The van der Waals surface area contributed by atoms with E-state index in [1.807, 2.05) is 13.0 Å². The molecule has 1 aliphatic rings. The van der Waals surface area contributed by atoms with E-state index < -0.39 is 0 Å². The van der Waals surface area contributed by atoms with Crippen LogP contribution in [0.2, 0.25) is 0 Å². The lowest BCUT2D eigenvalue weighted by Crippen LogP contribution is -2.18. The van der Waals surface area contributed by atoms with E-state index in [0.717, 1.165) is 37.4 Å². The summed E-state index contributed by atoms with van der Waals surface area (Å²) in [6.07, 6.45) is 3.04. The average Bonchev–Trinajstić information content (AvgIpc) is 3.12. The fourth-order valence-corrected chi connectivity index (χ4v) is 2.78. The van der Waals surface area contributed by atoms with Gasteiger partial charge < -0.3 is 14.6 Å². The third-order valence-corrected chi connectivity index (χ3v) is 3.83. The number of hydrogen-bond donors (Lipinski definition) is 1. The molecule has 1 atom stereocenters. The molecule has 3 rings (SSSR count). The number of benzene rings is 1. The normalized spacial score (nSPS) is 17.0. The van der Waals surface area contributed by atoms with Crippen molar-refractivity contribution in [1.82, 2.24) is 15.5 Å². The zero-order valence-electron chi connectivity index (χ0n) is 12.6. The van der Waals surface area contributed by atoms with Crippen LogP contribution in [0.1, 0.15) is 49.2 Å². The van der Waals surface area contributed by atoms with Crippen molar-refractivity contribution in [2.24, 2.45) is 0 Å². The van der Waals surface area contributed by atoms with E-state index in [1.165, 1.54) is 11.1 Å². The van der Waals surface area contributed by atoms with Gasteiger partial charge in [-0.05, 0) is 42.6 Å². The van der Waals surface area contributed by atoms with Crippen molar-refractivity contribution >= 4 is 0 Å². The van der Waals surface area contributed by atoms with Gasteiger partial charge in [-0.1, -0.05) is 25.1 Å². The third kappa shape index (κ3) is 3.08. The first-order valence-electron chi connectivity index (χ1n) is 7.60. The number of aryl methyl sites for hydroxylation is 2. The topological polar surface area (TPSA) is 60.2 Å². The minimum atomic E-state index is 0.322. The fraction of sp³-hybridized carbons (Fsp3) is 0.500. The molecule has 21 heavy (non-hydrogen) atoms. The average molecular weight is 287 g/mol. The van der Waals surface area contributed by atoms with Gasteiger partial charge in [-0.15, -0.1) is 0 Å². The Balaban J connectivity index is 1.65. The minimum Gasteiger partial charge on any atom is -0.484 e. The summed E-state index contributed by atoms with van der Waals surface area (Å²) in [5.74, 6) is 2.11. The van der Waals surface area contributed by atoms with Crippen molar-refractivity contribution in [3.63, 3.8) is 0 Å². The van der Waals surface area contributed by atoms with Crippen LogP contribution in [0, 0.1) is 0 Å². The van der Waals surface area contributed by atoms with Crippen LogP contribution in [-0.4, -0.2) is 16.7 Å². The molecule has 112 valence electrons. The Morgan fingerprint density at radius 2 is 2.29 bits per heavy atom. The van der Waals surface area contributed by atoms with Gasteiger partial charge in [-0.3, -0.25) is 0 Å². The molecular weight excluding hydrogens is 266 g/mol. The largest absolute Gasteiger partial charge is 0.484 e. The maximum atomic E-state index is 5.75. The first kappa shape index (κ1) is 14.1. The van der Waals surface area contributed by atoms with Gasteiger partial charge >= 0.3 is 0 Å². The SMILES string of the molecule is CCNC1CCc2cc(OCc3nc(CC)no3)ccc21. The van der Waals surface area contributed by atoms with Gasteiger partial charge in [0.25, 0.3) is 5.89 Å². The molecule has 0 amide bonds. The quantitative estimate of drug-likeness (QED) is 0.885. The summed E-state index contributed by atoms with van der Waals surface area (Å²) in [4.78, 5) is 4.24. The summed E-state index contributed by atoms with van der Waals surface area (Å²) in [7, 11) is 0. The molecule has 1 unspecified atom stereocenters. The lowest BCUT2D eigenvalue weighted by atomic mass is 10.1. The molecule has 1 aliphatic carbocycles. The van der Waals surface area contributed by atoms with E-state index in [4.69, 9.17) is 9.26 Å². The lowest BCUT2D eigenvalue weighted by Gasteiger charge is -2.12. The van der Waals surface area contributed by atoms with Crippen LogP contribution < -0.4 is 10.1 Å². The minimum absolute atomic E-state index is 0.322. The number of ether oxygens (including phenoxy) is 1. The van der Waals surface area contributed by atoms with E-state index in [2.05, 4.69) is 34.5 Å². The highest BCUT2D eigenvalue weighted by Gasteiger charge is 2.21. The van der Waals surface area contributed by atoms with E-state index >= 15 is 0 Å². The Morgan fingerprint density at radius 3 is 3.05 bits per heavy atom. The molecule has 0 aliphatic heterocycles. The Hall–Kier alpha value is -1.88. The fourth-order valence-electron chi connectivity index (χ4n) is 2.78. The Bertz CT molecular complexity index is 609. The smallest absolute Gasteiger partial charge is 0.264 e. The van der Waals surface area contributed by atoms with Crippen molar-refractivity contribution in [1.29, 1.82) is 0 Å². The van der Waals surface area contributed by atoms with Gasteiger partial charge in [0, 0.05) is 12.5 Å². The van der Waals surface area contributed by atoms with Crippen molar-refractivity contribution in [3.05, 3.63) is 41.0 Å². The molecular formula is C16H21N3O2. The maximum Gasteiger partial charge on any atom is 0.264 e. The highest BCUT2D eigenvalue weighted by molar-refractivity contribution is 5.40. The first-order chi connectivity index (χ1) is 10.3. The molecule has 5 heteroatoms. The molecule has 0 spiro atoms. The number of fused-ring (bicyclic) bond motifs is 1. The zero-order chi connectivity index (χ0) is 14.7. The standard InChI is InChI=1S/C16H21N3O2/c1-3-15-18-16(21-19-15)10-20-12-6-7-13-11(9-12)5-8-14(13)17-4-2/h6-7,9,14,17H,3-5,8,10H2,1-2H3. The predicted molar refractivity (Wildman–Crippen MR) is 79.2 cm³/mol. The van der Waals surface area contributed by atoms with Crippen LogP contribution in [0.5, 0.6) is 5.75 Å². The van der Waals surface area contributed by atoms with E-state index in [1.54, 1.807) is 0 Å². The summed E-state index contributed by atoms with van der Waals surface area (Å²) < 4.78 is 10.9. The molecule has 0 bridgehead atoms. The Kier molecular flexibility index (Phi) is 4.20. The predicted octanol–water partition coefficient (Wildman–Crippen LogP) is 2.81. The zero-order valence-corrected chi connectivity index (χ0v) is 12.6. The molecule has 5 nitrogen and oxygen atoms in total. The molecule has 1 N–H and O–H groups in total. The summed E-state index contributed by atoms with van der Waals surface area (Å²) >= 11 is 0. The second-order valence-corrected chi connectivity index (χ2v) is 5.26. The molecule has 0 saturated heterocycles. The lowest BCUT2D eigenvalue weighted by molar-refractivity contribution is 0.242. The van der Waals surface area contributed by atoms with Gasteiger partial charge in [-0.2, -0.15) is 4.98 Å². The van der Waals surface area contributed by atoms with Crippen molar-refractivity contribution < 1.29 is 9.26 Å². The Labute approximate surface area is 124 Å². The summed E-state index contributed by atoms with van der Waals surface area (Å²) in [6, 6.07) is 6.80. The molecule has 1 aromatic heterocycles. The maximum absolute atomic E-state index is 5.75. The monoisotopic (exact) mass is 287 g/mol. The molecule has 2 aromatic rings. The third-order valence-electron chi connectivity index (χ3n) is 3.83. The van der Waals surface area contributed by atoms with Crippen molar-refractivity contribution in [3.8, 4) is 5.75 Å². The molecule has 0 fully saturated rings. The van der Waals surface area contributed by atoms with Gasteiger partial charge in [0.15, 0.2) is 12.4 Å². The summed E-state index contributed by atoms with van der Waals surface area (Å²) in [6.45, 7) is 5.46. The van der Waals surface area contributed by atoms with Gasteiger partial charge in [0.2, 0.25) is 0 Å². The highest BCUT2D eigenvalue weighted by Crippen LogP contribution is 2.33. The van der Waals surface area contributed by atoms with Crippen LogP contribution in [0.3, 0.4) is 0 Å². The van der Waals surface area contributed by atoms with Gasteiger partial charge in [0.1, 0.15) is 5.75 Å². The van der Waals surface area contributed by atoms with Gasteiger partial charge in [-0.25, -0.2) is 0 Å². The van der Waals surface area contributed by atoms with Crippen molar-refractivity contribution in [2.75, 3.05) is 6.54 Å². The number of hydrogen-bond acceptors (Lipinski definition) is 5. The Morgan fingerprint density at radius 1 is 1.38 bits per heavy atom. The van der Waals surface area contributed by atoms with E-state index in [9.17, 15) is 0 Å². The van der Waals surface area contributed by atoms with Crippen molar-refractivity contribution in [2.45, 2.75) is 45.8 Å². The molecule has 1 aromatic carbocycles. The molecule has 1 heterocycles. The number of nitrogens with one attached hydrogen (secondary N) is 1. The van der Waals surface area contributed by atoms with Crippen LogP contribution in [0.25, 0.3) is 0 Å². The van der Waals surface area contributed by atoms with E-state index in [0.29, 0.717) is 18.5 Å². The summed E-state index contributed by atoms with van der Waals surface area (Å²) in [5, 5.41) is 7.37. The van der Waals surface area contributed by atoms with Crippen LogP contribution >= 0.6 is 0 Å². The van der Waals surface area contributed by atoms with E-state index in [-0.39, 0.29) is 0 Å². The number of rotatable bonds is 6. The molecule has 0 radical (unpaired) electrons. The first-order valence-corrected chi connectivity index (χ1v) is 7.60. The second kappa shape index (κ2) is 6.26. The van der Waals surface area contributed by atoms with Crippen LogP contribution in [0.4, 0.5) is 0 Å².